The molecule has 0 saturated carbocycles. The Kier molecular flexibility index (Phi) is 3.86. The van der Waals surface area contributed by atoms with Gasteiger partial charge in [0.2, 0.25) is 11.9 Å². The molecule has 0 aliphatic carbocycles. The molecular formula is C13H17N7O2. The zero-order chi connectivity index (χ0) is 15.5. The van der Waals surface area contributed by atoms with E-state index in [1.54, 1.807) is 13.0 Å². The van der Waals surface area contributed by atoms with Crippen molar-refractivity contribution < 1.29 is 9.32 Å². The highest BCUT2D eigenvalue weighted by Gasteiger charge is 2.21. The van der Waals surface area contributed by atoms with Crippen molar-refractivity contribution in [2.75, 3.05) is 36.4 Å². The Hall–Kier alpha value is -2.71. The number of aromatic nitrogens is 4. The second-order valence-electron chi connectivity index (χ2n) is 5.08. The third-order valence-electron chi connectivity index (χ3n) is 3.44. The van der Waals surface area contributed by atoms with Crippen LogP contribution in [0.4, 0.5) is 17.6 Å². The van der Waals surface area contributed by atoms with E-state index in [0.29, 0.717) is 49.5 Å². The summed E-state index contributed by atoms with van der Waals surface area (Å²) < 4.78 is 4.99. The van der Waals surface area contributed by atoms with Gasteiger partial charge in [-0.15, -0.1) is 5.10 Å². The number of nitrogens with zero attached hydrogens (tertiary/aromatic N) is 6. The van der Waals surface area contributed by atoms with Crippen LogP contribution < -0.4 is 10.2 Å². The lowest BCUT2D eigenvalue weighted by molar-refractivity contribution is -0.129. The second kappa shape index (κ2) is 5.96. The molecule has 0 radical (unpaired) electrons. The van der Waals surface area contributed by atoms with Crippen molar-refractivity contribution in [2.45, 2.75) is 13.8 Å². The van der Waals surface area contributed by atoms with Crippen LogP contribution in [-0.4, -0.2) is 57.3 Å². The number of hydrogen-bond acceptors (Lipinski definition) is 8. The van der Waals surface area contributed by atoms with Crippen LogP contribution in [-0.2, 0) is 4.79 Å². The van der Waals surface area contributed by atoms with Crippen LogP contribution in [0.3, 0.4) is 0 Å². The minimum atomic E-state index is 0.0931. The normalized spacial score (nSPS) is 15.0. The summed E-state index contributed by atoms with van der Waals surface area (Å²) in [5, 5.41) is 14.9. The van der Waals surface area contributed by atoms with E-state index in [4.69, 9.17) is 4.52 Å². The fourth-order valence-corrected chi connectivity index (χ4v) is 2.27. The van der Waals surface area contributed by atoms with Gasteiger partial charge in [0.1, 0.15) is 5.76 Å². The standard InChI is InChI=1S/C13H17N7O2/c1-9-7-11(18-22-9)15-12-8-14-17-13(16-12)20-5-3-19(4-6-20)10(2)21/h7-8H,3-6H2,1-2H3,(H,15,16,17,18). The summed E-state index contributed by atoms with van der Waals surface area (Å²) in [6.45, 7) is 6.10. The van der Waals surface area contributed by atoms with Gasteiger partial charge >= 0.3 is 0 Å². The monoisotopic (exact) mass is 303 g/mol. The maximum Gasteiger partial charge on any atom is 0.247 e. The largest absolute Gasteiger partial charge is 0.360 e. The zero-order valence-electron chi connectivity index (χ0n) is 12.5. The van der Waals surface area contributed by atoms with E-state index >= 15 is 0 Å². The lowest BCUT2D eigenvalue weighted by Gasteiger charge is -2.33. The molecule has 1 aliphatic rings. The maximum absolute atomic E-state index is 11.3. The number of nitrogens with one attached hydrogen (secondary N) is 1. The quantitative estimate of drug-likeness (QED) is 0.879. The Morgan fingerprint density at radius 3 is 2.68 bits per heavy atom. The lowest BCUT2D eigenvalue weighted by Crippen LogP contribution is -2.48. The number of anilines is 3. The van der Waals surface area contributed by atoms with Crippen molar-refractivity contribution in [3.8, 4) is 0 Å². The first-order valence-electron chi connectivity index (χ1n) is 7.02. The van der Waals surface area contributed by atoms with E-state index in [9.17, 15) is 4.79 Å². The zero-order valence-corrected chi connectivity index (χ0v) is 12.5. The number of rotatable bonds is 3. The Morgan fingerprint density at radius 1 is 1.27 bits per heavy atom. The summed E-state index contributed by atoms with van der Waals surface area (Å²) >= 11 is 0. The molecule has 0 unspecified atom stereocenters. The van der Waals surface area contributed by atoms with Crippen LogP contribution in [0, 0.1) is 6.92 Å². The van der Waals surface area contributed by atoms with Crippen LogP contribution in [0.25, 0.3) is 0 Å². The first kappa shape index (κ1) is 14.2. The van der Waals surface area contributed by atoms with Crippen molar-refractivity contribution >= 4 is 23.5 Å². The second-order valence-corrected chi connectivity index (χ2v) is 5.08. The van der Waals surface area contributed by atoms with Crippen molar-refractivity contribution in [3.05, 3.63) is 18.0 Å². The molecule has 22 heavy (non-hydrogen) atoms. The average Bonchev–Trinajstić information content (AvgIpc) is 2.93. The molecule has 9 heteroatoms. The first-order valence-corrected chi connectivity index (χ1v) is 7.02. The van der Waals surface area contributed by atoms with E-state index in [1.165, 1.54) is 6.20 Å². The Balaban J connectivity index is 1.68. The van der Waals surface area contributed by atoms with Crippen molar-refractivity contribution in [2.24, 2.45) is 0 Å². The average molecular weight is 303 g/mol. The molecule has 1 saturated heterocycles. The van der Waals surface area contributed by atoms with Crippen molar-refractivity contribution in [1.82, 2.24) is 25.2 Å². The molecular weight excluding hydrogens is 286 g/mol. The van der Waals surface area contributed by atoms with E-state index in [2.05, 4.69) is 25.7 Å². The summed E-state index contributed by atoms with van der Waals surface area (Å²) in [6, 6.07) is 1.77. The highest BCUT2D eigenvalue weighted by molar-refractivity contribution is 5.73. The van der Waals surface area contributed by atoms with Gasteiger partial charge in [0.15, 0.2) is 11.6 Å². The number of amides is 1. The van der Waals surface area contributed by atoms with Crippen LogP contribution in [0.15, 0.2) is 16.8 Å². The molecule has 0 bridgehead atoms. The summed E-state index contributed by atoms with van der Waals surface area (Å²) in [5.74, 6) is 2.46. The minimum Gasteiger partial charge on any atom is -0.360 e. The molecule has 0 atom stereocenters. The number of hydrogen-bond donors (Lipinski definition) is 1. The van der Waals surface area contributed by atoms with Crippen LogP contribution in [0.5, 0.6) is 0 Å². The van der Waals surface area contributed by atoms with Gasteiger partial charge in [-0.3, -0.25) is 4.79 Å². The van der Waals surface area contributed by atoms with Gasteiger partial charge in [-0.05, 0) is 6.92 Å². The molecule has 1 amide bonds. The molecule has 3 heterocycles. The molecule has 116 valence electrons. The highest BCUT2D eigenvalue weighted by atomic mass is 16.5. The van der Waals surface area contributed by atoms with Gasteiger partial charge in [-0.25, -0.2) is 0 Å². The fourth-order valence-electron chi connectivity index (χ4n) is 2.27. The molecule has 2 aromatic rings. The van der Waals surface area contributed by atoms with Crippen LogP contribution in [0.2, 0.25) is 0 Å². The lowest BCUT2D eigenvalue weighted by atomic mass is 10.3. The van der Waals surface area contributed by atoms with Crippen LogP contribution >= 0.6 is 0 Å². The predicted molar refractivity (Wildman–Crippen MR) is 78.8 cm³/mol. The SMILES string of the molecule is CC(=O)N1CCN(c2nncc(Nc3cc(C)on3)n2)CC1. The Morgan fingerprint density at radius 2 is 2.05 bits per heavy atom. The van der Waals surface area contributed by atoms with E-state index < -0.39 is 0 Å². The van der Waals surface area contributed by atoms with Gasteiger partial charge in [-0.2, -0.15) is 10.1 Å². The molecule has 1 N–H and O–H groups in total. The Bertz CT molecular complexity index is 664. The third kappa shape index (κ3) is 3.13. The van der Waals surface area contributed by atoms with Gasteiger partial charge in [0, 0.05) is 39.2 Å². The first-order chi connectivity index (χ1) is 10.6. The molecule has 3 rings (SSSR count). The molecule has 1 fully saturated rings. The number of carbonyl (C=O) groups is 1. The van der Waals surface area contributed by atoms with Gasteiger partial charge in [0.25, 0.3) is 0 Å². The highest BCUT2D eigenvalue weighted by Crippen LogP contribution is 2.16. The van der Waals surface area contributed by atoms with E-state index in [-0.39, 0.29) is 5.91 Å². The number of carbonyl (C=O) groups excluding carboxylic acids is 1. The molecule has 0 spiro atoms. The van der Waals surface area contributed by atoms with Crippen molar-refractivity contribution in [3.63, 3.8) is 0 Å². The smallest absolute Gasteiger partial charge is 0.247 e. The summed E-state index contributed by atoms with van der Waals surface area (Å²) in [5.41, 5.74) is 0. The van der Waals surface area contributed by atoms with Crippen molar-refractivity contribution in [1.29, 1.82) is 0 Å². The third-order valence-corrected chi connectivity index (χ3v) is 3.44. The fraction of sp³-hybridized carbons (Fsp3) is 0.462. The maximum atomic E-state index is 11.3. The Labute approximate surface area is 127 Å². The van der Waals surface area contributed by atoms with Gasteiger partial charge in [-0.1, -0.05) is 5.16 Å². The summed E-state index contributed by atoms with van der Waals surface area (Å²) in [4.78, 5) is 19.6. The number of aryl methyl sites for hydroxylation is 1. The molecule has 1 aliphatic heterocycles. The van der Waals surface area contributed by atoms with Crippen LogP contribution in [0.1, 0.15) is 12.7 Å². The molecule has 2 aromatic heterocycles. The predicted octanol–water partition coefficient (Wildman–Crippen LogP) is 0.580. The van der Waals surface area contributed by atoms with Gasteiger partial charge in [0.05, 0.1) is 6.20 Å². The minimum absolute atomic E-state index is 0.0931. The topological polar surface area (TPSA) is 100 Å². The molecule has 9 nitrogen and oxygen atoms in total. The molecule has 0 aromatic carbocycles. The summed E-state index contributed by atoms with van der Waals surface area (Å²) in [7, 11) is 0. The van der Waals surface area contributed by atoms with Gasteiger partial charge < -0.3 is 19.6 Å². The summed E-state index contributed by atoms with van der Waals surface area (Å²) in [6.07, 6.45) is 1.53. The number of piperazine rings is 1. The van der Waals surface area contributed by atoms with E-state index in [0.717, 1.165) is 0 Å². The van der Waals surface area contributed by atoms with E-state index in [1.807, 2.05) is 16.7 Å².